The molecule has 1 N–H and O–H groups in total. The van der Waals surface area contributed by atoms with Crippen molar-refractivity contribution in [1.82, 2.24) is 10.2 Å². The molecule has 1 unspecified atom stereocenters. The fourth-order valence-corrected chi connectivity index (χ4v) is 2.90. The summed E-state index contributed by atoms with van der Waals surface area (Å²) in [5.74, 6) is -0.851. The van der Waals surface area contributed by atoms with E-state index in [1.807, 2.05) is 13.8 Å². The highest BCUT2D eigenvalue weighted by Crippen LogP contribution is 2.28. The summed E-state index contributed by atoms with van der Waals surface area (Å²) in [6.45, 7) is 3.84. The normalized spacial score (nSPS) is 20.7. The Balaban J connectivity index is 2.18. The number of amides is 1. The van der Waals surface area contributed by atoms with Gasteiger partial charge in [0.15, 0.2) is 5.82 Å². The second-order valence-electron chi connectivity index (χ2n) is 4.58. The molecule has 100 valence electrons. The molecule has 1 aliphatic heterocycles. The van der Waals surface area contributed by atoms with Gasteiger partial charge >= 0.3 is 10.2 Å². The quantitative estimate of drug-likeness (QED) is 0.822. The van der Waals surface area contributed by atoms with Crippen LogP contribution in [0.1, 0.15) is 17.7 Å². The van der Waals surface area contributed by atoms with E-state index >= 15 is 0 Å². The number of carbonyl (C=O) groups is 1. The van der Waals surface area contributed by atoms with Gasteiger partial charge in [-0.15, -0.1) is 3.89 Å². The smallest absolute Gasteiger partial charge is 0.295 e. The SMILES string of the molecule is Cc1[nH]nc(N2CC(CS(=O)(=O)F)CC2=O)c1C. The van der Waals surface area contributed by atoms with Gasteiger partial charge in [0.1, 0.15) is 0 Å². The fraction of sp³-hybridized carbons (Fsp3) is 0.600. The number of halogens is 1. The van der Waals surface area contributed by atoms with E-state index in [-0.39, 0.29) is 18.9 Å². The number of nitrogens with one attached hydrogen (secondary N) is 1. The zero-order valence-electron chi connectivity index (χ0n) is 10.1. The van der Waals surface area contributed by atoms with E-state index in [1.165, 1.54) is 4.90 Å². The molecule has 8 heteroatoms. The third-order valence-corrected chi connectivity index (χ3v) is 3.99. The van der Waals surface area contributed by atoms with Crippen molar-refractivity contribution >= 4 is 21.9 Å². The molecular formula is C10H14FN3O3S. The van der Waals surface area contributed by atoms with Crippen LogP contribution in [0.3, 0.4) is 0 Å². The Morgan fingerprint density at radius 1 is 1.50 bits per heavy atom. The molecule has 0 saturated carbocycles. The highest BCUT2D eigenvalue weighted by atomic mass is 32.3. The van der Waals surface area contributed by atoms with Gasteiger partial charge in [-0.05, 0) is 13.8 Å². The van der Waals surface area contributed by atoms with Crippen molar-refractivity contribution in [2.24, 2.45) is 5.92 Å². The molecule has 1 saturated heterocycles. The van der Waals surface area contributed by atoms with E-state index in [0.717, 1.165) is 11.3 Å². The Hall–Kier alpha value is -1.44. The summed E-state index contributed by atoms with van der Waals surface area (Å²) in [6.07, 6.45) is 0.0362. The molecule has 18 heavy (non-hydrogen) atoms. The van der Waals surface area contributed by atoms with Gasteiger partial charge in [-0.3, -0.25) is 14.8 Å². The van der Waals surface area contributed by atoms with Gasteiger partial charge in [0.25, 0.3) is 0 Å². The molecule has 0 aromatic carbocycles. The zero-order chi connectivity index (χ0) is 13.5. The molecule has 1 atom stereocenters. The third kappa shape index (κ3) is 2.53. The average molecular weight is 275 g/mol. The minimum Gasteiger partial charge on any atom is -0.295 e. The molecule has 0 aliphatic carbocycles. The highest BCUT2D eigenvalue weighted by molar-refractivity contribution is 7.86. The van der Waals surface area contributed by atoms with Crippen molar-refractivity contribution in [3.8, 4) is 0 Å². The molecular weight excluding hydrogens is 261 g/mol. The summed E-state index contributed by atoms with van der Waals surface area (Å²) < 4.78 is 33.8. The molecule has 0 bridgehead atoms. The number of aromatic nitrogens is 2. The Kier molecular flexibility index (Phi) is 3.14. The Labute approximate surface area is 104 Å². The van der Waals surface area contributed by atoms with Crippen LogP contribution in [0.15, 0.2) is 0 Å². The predicted octanol–water partition coefficient (Wildman–Crippen LogP) is 0.679. The second-order valence-corrected chi connectivity index (χ2v) is 5.99. The number of hydrogen-bond donors (Lipinski definition) is 1. The van der Waals surface area contributed by atoms with Crippen LogP contribution in [0.5, 0.6) is 0 Å². The van der Waals surface area contributed by atoms with Gasteiger partial charge in [-0.2, -0.15) is 13.5 Å². The van der Waals surface area contributed by atoms with Crippen molar-refractivity contribution in [3.63, 3.8) is 0 Å². The van der Waals surface area contributed by atoms with E-state index in [4.69, 9.17) is 0 Å². The molecule has 0 radical (unpaired) electrons. The first-order valence-corrected chi connectivity index (χ1v) is 7.07. The van der Waals surface area contributed by atoms with Crippen molar-refractivity contribution in [2.45, 2.75) is 20.3 Å². The molecule has 1 aromatic heterocycles. The van der Waals surface area contributed by atoms with Gasteiger partial charge in [0, 0.05) is 30.1 Å². The number of H-pyrrole nitrogens is 1. The number of hydrogen-bond acceptors (Lipinski definition) is 4. The van der Waals surface area contributed by atoms with E-state index in [9.17, 15) is 17.1 Å². The first-order valence-electron chi connectivity index (χ1n) is 5.52. The van der Waals surface area contributed by atoms with Crippen molar-refractivity contribution in [3.05, 3.63) is 11.3 Å². The molecule has 2 rings (SSSR count). The number of aromatic amines is 1. The molecule has 6 nitrogen and oxygen atoms in total. The first-order chi connectivity index (χ1) is 8.28. The number of carbonyl (C=O) groups excluding carboxylic acids is 1. The summed E-state index contributed by atoms with van der Waals surface area (Å²) in [5.41, 5.74) is 1.69. The lowest BCUT2D eigenvalue weighted by atomic mass is 10.1. The van der Waals surface area contributed by atoms with E-state index in [2.05, 4.69) is 10.2 Å². The van der Waals surface area contributed by atoms with Gasteiger partial charge in [-0.25, -0.2) is 0 Å². The molecule has 1 amide bonds. The fourth-order valence-electron chi connectivity index (χ4n) is 2.11. The number of anilines is 1. The lowest BCUT2D eigenvalue weighted by molar-refractivity contribution is -0.117. The molecule has 2 heterocycles. The van der Waals surface area contributed by atoms with Crippen LogP contribution in [-0.4, -0.2) is 36.8 Å². The summed E-state index contributed by atoms with van der Waals surface area (Å²) in [5, 5.41) is 6.78. The van der Waals surface area contributed by atoms with Crippen LogP contribution in [0.4, 0.5) is 9.70 Å². The average Bonchev–Trinajstić information content (AvgIpc) is 2.70. The Morgan fingerprint density at radius 2 is 2.17 bits per heavy atom. The van der Waals surface area contributed by atoms with Crippen LogP contribution in [0.25, 0.3) is 0 Å². The van der Waals surface area contributed by atoms with Gasteiger partial charge in [0.05, 0.1) is 5.75 Å². The van der Waals surface area contributed by atoms with Crippen molar-refractivity contribution in [1.29, 1.82) is 0 Å². The lowest BCUT2D eigenvalue weighted by Gasteiger charge is -2.14. The summed E-state index contributed by atoms with van der Waals surface area (Å²) in [6, 6.07) is 0. The second kappa shape index (κ2) is 4.34. The molecule has 0 spiro atoms. The highest BCUT2D eigenvalue weighted by Gasteiger charge is 2.35. The van der Waals surface area contributed by atoms with E-state index in [0.29, 0.717) is 5.82 Å². The number of nitrogens with zero attached hydrogens (tertiary/aromatic N) is 2. The van der Waals surface area contributed by atoms with Crippen molar-refractivity contribution < 1.29 is 17.1 Å². The minimum absolute atomic E-state index is 0.0362. The summed E-state index contributed by atoms with van der Waals surface area (Å²) >= 11 is 0. The molecule has 1 aromatic rings. The third-order valence-electron chi connectivity index (χ3n) is 3.12. The zero-order valence-corrected chi connectivity index (χ0v) is 10.9. The van der Waals surface area contributed by atoms with Crippen molar-refractivity contribution in [2.75, 3.05) is 17.2 Å². The maximum atomic E-state index is 12.6. The van der Waals surface area contributed by atoms with Crippen LogP contribution in [-0.2, 0) is 15.0 Å². The predicted molar refractivity (Wildman–Crippen MR) is 63.4 cm³/mol. The maximum Gasteiger partial charge on any atom is 0.302 e. The standard InChI is InChI=1S/C10H14FN3O3S/c1-6-7(2)12-13-10(6)14-4-8(3-9(14)15)5-18(11,16)17/h8H,3-5H2,1-2H3,(H,12,13). The van der Waals surface area contributed by atoms with Gasteiger partial charge < -0.3 is 0 Å². The summed E-state index contributed by atoms with van der Waals surface area (Å²) in [4.78, 5) is 13.2. The van der Waals surface area contributed by atoms with E-state index < -0.39 is 21.9 Å². The van der Waals surface area contributed by atoms with Crippen LogP contribution in [0, 0.1) is 19.8 Å². The topological polar surface area (TPSA) is 83.1 Å². The Morgan fingerprint density at radius 3 is 2.67 bits per heavy atom. The van der Waals surface area contributed by atoms with Crippen LogP contribution in [0.2, 0.25) is 0 Å². The monoisotopic (exact) mass is 275 g/mol. The minimum atomic E-state index is -4.55. The van der Waals surface area contributed by atoms with Crippen LogP contribution >= 0.6 is 0 Å². The lowest BCUT2D eigenvalue weighted by Crippen LogP contribution is -2.26. The number of aryl methyl sites for hydroxylation is 1. The Bertz CT molecular complexity index is 581. The van der Waals surface area contributed by atoms with Crippen LogP contribution < -0.4 is 4.90 Å². The molecule has 1 aliphatic rings. The first kappa shape index (κ1) is 13.0. The largest absolute Gasteiger partial charge is 0.302 e. The maximum absolute atomic E-state index is 12.6. The van der Waals surface area contributed by atoms with E-state index in [1.54, 1.807) is 0 Å². The number of rotatable bonds is 3. The van der Waals surface area contributed by atoms with Gasteiger partial charge in [-0.1, -0.05) is 0 Å². The van der Waals surface area contributed by atoms with Gasteiger partial charge in [0.2, 0.25) is 5.91 Å². The molecule has 1 fully saturated rings. The summed E-state index contributed by atoms with van der Waals surface area (Å²) in [7, 11) is -4.55.